The van der Waals surface area contributed by atoms with Crippen LogP contribution in [0.2, 0.25) is 0 Å². The Balaban J connectivity index is 2.09. The molecule has 1 fully saturated rings. The smallest absolute Gasteiger partial charge is 0.348 e. The molecule has 1 aliphatic rings. The zero-order chi connectivity index (χ0) is 14.8. The standard InChI is InChI=1S/C14H17F3N2O/c15-14(16,17)10-5-3-4-9(8-10)13(20)19-12-7-2-1-6-11(12)18/h3-5,8,11-12H,1-2,6-7,18H2,(H,19,20). The summed E-state index contributed by atoms with van der Waals surface area (Å²) in [6.45, 7) is 0. The van der Waals surface area contributed by atoms with Crippen molar-refractivity contribution in [1.29, 1.82) is 0 Å². The molecule has 2 unspecified atom stereocenters. The number of nitrogens with one attached hydrogen (secondary N) is 1. The second-order valence-electron chi connectivity index (χ2n) is 5.11. The number of carbonyl (C=O) groups is 1. The van der Waals surface area contributed by atoms with E-state index in [1.807, 2.05) is 0 Å². The molecule has 0 bridgehead atoms. The van der Waals surface area contributed by atoms with Gasteiger partial charge in [-0.3, -0.25) is 4.79 Å². The summed E-state index contributed by atoms with van der Waals surface area (Å²) in [5.41, 5.74) is 5.10. The largest absolute Gasteiger partial charge is 0.416 e. The third-order valence-corrected chi connectivity index (χ3v) is 3.59. The minimum Gasteiger partial charge on any atom is -0.348 e. The fraction of sp³-hybridized carbons (Fsp3) is 0.500. The predicted molar refractivity (Wildman–Crippen MR) is 69.1 cm³/mol. The van der Waals surface area contributed by atoms with Crippen molar-refractivity contribution in [1.82, 2.24) is 5.32 Å². The Morgan fingerprint density at radius 3 is 2.60 bits per heavy atom. The fourth-order valence-electron chi connectivity index (χ4n) is 2.43. The molecule has 0 radical (unpaired) electrons. The van der Waals surface area contributed by atoms with Gasteiger partial charge in [0.1, 0.15) is 0 Å². The van der Waals surface area contributed by atoms with E-state index in [1.54, 1.807) is 0 Å². The summed E-state index contributed by atoms with van der Waals surface area (Å²) in [5.74, 6) is -0.501. The van der Waals surface area contributed by atoms with Gasteiger partial charge in [0.05, 0.1) is 5.56 Å². The van der Waals surface area contributed by atoms with Gasteiger partial charge in [0.15, 0.2) is 0 Å². The van der Waals surface area contributed by atoms with Gasteiger partial charge < -0.3 is 11.1 Å². The lowest BCUT2D eigenvalue weighted by molar-refractivity contribution is -0.137. The van der Waals surface area contributed by atoms with Crippen molar-refractivity contribution in [3.63, 3.8) is 0 Å². The maximum Gasteiger partial charge on any atom is 0.416 e. The monoisotopic (exact) mass is 286 g/mol. The molecule has 1 saturated carbocycles. The number of benzene rings is 1. The zero-order valence-corrected chi connectivity index (χ0v) is 10.9. The third kappa shape index (κ3) is 3.50. The van der Waals surface area contributed by atoms with E-state index in [-0.39, 0.29) is 17.6 Å². The SMILES string of the molecule is NC1CCCCC1NC(=O)c1cccc(C(F)(F)F)c1. The molecule has 0 aliphatic heterocycles. The highest BCUT2D eigenvalue weighted by Crippen LogP contribution is 2.29. The van der Waals surface area contributed by atoms with Crippen molar-refractivity contribution in [2.24, 2.45) is 5.73 Å². The maximum absolute atomic E-state index is 12.6. The number of rotatable bonds is 2. The molecule has 110 valence electrons. The molecule has 3 N–H and O–H groups in total. The van der Waals surface area contributed by atoms with Gasteiger partial charge >= 0.3 is 6.18 Å². The summed E-state index contributed by atoms with van der Waals surface area (Å²) in [4.78, 5) is 12.0. The van der Waals surface area contributed by atoms with E-state index < -0.39 is 17.6 Å². The number of nitrogens with two attached hydrogens (primary N) is 1. The molecule has 0 saturated heterocycles. The molecule has 1 aromatic rings. The zero-order valence-electron chi connectivity index (χ0n) is 10.9. The van der Waals surface area contributed by atoms with Crippen molar-refractivity contribution in [2.75, 3.05) is 0 Å². The molecule has 2 atom stereocenters. The summed E-state index contributed by atoms with van der Waals surface area (Å²) < 4.78 is 37.8. The quantitative estimate of drug-likeness (QED) is 0.878. The van der Waals surface area contributed by atoms with Crippen LogP contribution < -0.4 is 11.1 Å². The Hall–Kier alpha value is -1.56. The van der Waals surface area contributed by atoms with Crippen molar-refractivity contribution in [2.45, 2.75) is 43.9 Å². The molecule has 1 aliphatic carbocycles. The van der Waals surface area contributed by atoms with Crippen molar-refractivity contribution in [3.05, 3.63) is 35.4 Å². The van der Waals surface area contributed by atoms with Gasteiger partial charge in [-0.05, 0) is 31.0 Å². The van der Waals surface area contributed by atoms with E-state index in [4.69, 9.17) is 5.73 Å². The Labute approximate surface area is 115 Å². The Kier molecular flexibility index (Phi) is 4.32. The van der Waals surface area contributed by atoms with Crippen LogP contribution in [0.1, 0.15) is 41.6 Å². The maximum atomic E-state index is 12.6. The van der Waals surface area contributed by atoms with Gasteiger partial charge in [-0.15, -0.1) is 0 Å². The molecular formula is C14H17F3N2O. The fourth-order valence-corrected chi connectivity index (χ4v) is 2.43. The third-order valence-electron chi connectivity index (χ3n) is 3.59. The Morgan fingerprint density at radius 2 is 1.95 bits per heavy atom. The summed E-state index contributed by atoms with van der Waals surface area (Å²) in [7, 11) is 0. The van der Waals surface area contributed by atoms with Crippen molar-refractivity contribution >= 4 is 5.91 Å². The van der Waals surface area contributed by atoms with Crippen LogP contribution in [0.5, 0.6) is 0 Å². The summed E-state index contributed by atoms with van der Waals surface area (Å²) in [6, 6.07) is 4.13. The summed E-state index contributed by atoms with van der Waals surface area (Å²) >= 11 is 0. The minimum absolute atomic E-state index is 0.0117. The second kappa shape index (κ2) is 5.83. The van der Waals surface area contributed by atoms with Gasteiger partial charge in [-0.1, -0.05) is 18.9 Å². The first-order valence-electron chi connectivity index (χ1n) is 6.61. The highest BCUT2D eigenvalue weighted by Gasteiger charge is 2.31. The first-order valence-corrected chi connectivity index (χ1v) is 6.61. The molecule has 2 rings (SSSR count). The lowest BCUT2D eigenvalue weighted by atomic mass is 9.91. The average Bonchev–Trinajstić information content (AvgIpc) is 2.40. The van der Waals surface area contributed by atoms with Gasteiger partial charge in [0.2, 0.25) is 0 Å². The van der Waals surface area contributed by atoms with E-state index in [1.165, 1.54) is 12.1 Å². The van der Waals surface area contributed by atoms with Crippen LogP contribution in [0.4, 0.5) is 13.2 Å². The topological polar surface area (TPSA) is 55.1 Å². The summed E-state index contributed by atoms with van der Waals surface area (Å²) in [5, 5.41) is 2.73. The highest BCUT2D eigenvalue weighted by molar-refractivity contribution is 5.94. The number of hydrogen-bond acceptors (Lipinski definition) is 2. The number of halogens is 3. The molecule has 3 nitrogen and oxygen atoms in total. The van der Waals surface area contributed by atoms with Crippen LogP contribution in [-0.2, 0) is 6.18 Å². The van der Waals surface area contributed by atoms with Crippen LogP contribution in [0.25, 0.3) is 0 Å². The molecule has 0 aromatic heterocycles. The van der Waals surface area contributed by atoms with Gasteiger partial charge in [0.25, 0.3) is 5.91 Å². The molecule has 1 aromatic carbocycles. The van der Waals surface area contributed by atoms with Crippen LogP contribution in [-0.4, -0.2) is 18.0 Å². The van der Waals surface area contributed by atoms with E-state index in [0.717, 1.165) is 37.8 Å². The molecule has 20 heavy (non-hydrogen) atoms. The lowest BCUT2D eigenvalue weighted by Gasteiger charge is -2.29. The Bertz CT molecular complexity index is 488. The molecule has 0 spiro atoms. The number of carbonyl (C=O) groups excluding carboxylic acids is 1. The van der Waals surface area contributed by atoms with Crippen LogP contribution >= 0.6 is 0 Å². The number of amides is 1. The van der Waals surface area contributed by atoms with Gasteiger partial charge in [0, 0.05) is 17.6 Å². The lowest BCUT2D eigenvalue weighted by Crippen LogP contribution is -2.49. The van der Waals surface area contributed by atoms with E-state index in [9.17, 15) is 18.0 Å². The van der Waals surface area contributed by atoms with E-state index in [0.29, 0.717) is 0 Å². The average molecular weight is 286 g/mol. The van der Waals surface area contributed by atoms with E-state index >= 15 is 0 Å². The number of hydrogen-bond donors (Lipinski definition) is 2. The summed E-state index contributed by atoms with van der Waals surface area (Å²) in [6.07, 6.45) is -0.852. The highest BCUT2D eigenvalue weighted by atomic mass is 19.4. The minimum atomic E-state index is -4.45. The van der Waals surface area contributed by atoms with Gasteiger partial charge in [-0.25, -0.2) is 0 Å². The van der Waals surface area contributed by atoms with Crippen LogP contribution in [0.15, 0.2) is 24.3 Å². The van der Waals surface area contributed by atoms with Gasteiger partial charge in [-0.2, -0.15) is 13.2 Å². The van der Waals surface area contributed by atoms with Crippen LogP contribution in [0.3, 0.4) is 0 Å². The first kappa shape index (κ1) is 14.8. The van der Waals surface area contributed by atoms with Crippen LogP contribution in [0, 0.1) is 0 Å². The molecule has 1 amide bonds. The Morgan fingerprint density at radius 1 is 1.25 bits per heavy atom. The molecular weight excluding hydrogens is 269 g/mol. The molecule has 6 heteroatoms. The van der Waals surface area contributed by atoms with Crippen molar-refractivity contribution in [3.8, 4) is 0 Å². The van der Waals surface area contributed by atoms with Crippen molar-refractivity contribution < 1.29 is 18.0 Å². The predicted octanol–water partition coefficient (Wildman–Crippen LogP) is 2.71. The van der Waals surface area contributed by atoms with E-state index in [2.05, 4.69) is 5.32 Å². The second-order valence-corrected chi connectivity index (χ2v) is 5.11. The molecule has 0 heterocycles. The normalized spacial score (nSPS) is 23.4. The first-order chi connectivity index (χ1) is 9.38. The number of alkyl halides is 3.